The first-order chi connectivity index (χ1) is 8.95. The summed E-state index contributed by atoms with van der Waals surface area (Å²) in [6.45, 7) is 7.82. The fourth-order valence-electron chi connectivity index (χ4n) is 2.69. The third kappa shape index (κ3) is 3.80. The first-order valence-electron chi connectivity index (χ1n) is 7.33. The van der Waals surface area contributed by atoms with Crippen LogP contribution in [0.25, 0.3) is 0 Å². The van der Waals surface area contributed by atoms with Gasteiger partial charge in [-0.15, -0.1) is 0 Å². The molecule has 4 nitrogen and oxygen atoms in total. The highest BCUT2D eigenvalue weighted by atomic mass is 15.3. The number of aromatic nitrogens is 2. The van der Waals surface area contributed by atoms with Crippen molar-refractivity contribution >= 4 is 0 Å². The van der Waals surface area contributed by atoms with E-state index in [4.69, 9.17) is 0 Å². The van der Waals surface area contributed by atoms with Gasteiger partial charge >= 0.3 is 0 Å². The average molecular weight is 266 g/mol. The largest absolute Gasteiger partial charge is 0.312 e. The fraction of sp³-hybridized carbons (Fsp3) is 0.800. The fourth-order valence-corrected chi connectivity index (χ4v) is 2.69. The normalized spacial score (nSPS) is 16.6. The van der Waals surface area contributed by atoms with Crippen molar-refractivity contribution in [1.29, 1.82) is 0 Å². The number of aryl methyl sites for hydroxylation is 2. The second-order valence-corrected chi connectivity index (χ2v) is 5.70. The summed E-state index contributed by atoms with van der Waals surface area (Å²) in [5.74, 6) is 0. The van der Waals surface area contributed by atoms with Crippen LogP contribution >= 0.6 is 0 Å². The lowest BCUT2D eigenvalue weighted by Gasteiger charge is -2.43. The Labute approximate surface area is 118 Å². The van der Waals surface area contributed by atoms with Crippen LogP contribution in [0.1, 0.15) is 39.3 Å². The van der Waals surface area contributed by atoms with Gasteiger partial charge in [-0.3, -0.25) is 4.68 Å². The highest BCUT2D eigenvalue weighted by Crippen LogP contribution is 2.24. The van der Waals surface area contributed by atoms with Crippen molar-refractivity contribution in [2.75, 3.05) is 20.6 Å². The molecular weight excluding hydrogens is 236 g/mol. The van der Waals surface area contributed by atoms with E-state index >= 15 is 0 Å². The summed E-state index contributed by atoms with van der Waals surface area (Å²) in [4.78, 5) is 2.35. The number of nitrogens with one attached hydrogen (secondary N) is 1. The molecule has 2 unspecified atom stereocenters. The number of likely N-dealkylation sites (N-methyl/N-ethyl adjacent to an activating group) is 2. The van der Waals surface area contributed by atoms with E-state index in [0.717, 1.165) is 25.8 Å². The molecule has 1 heterocycles. The Morgan fingerprint density at radius 1 is 1.42 bits per heavy atom. The molecule has 1 N–H and O–H groups in total. The van der Waals surface area contributed by atoms with Gasteiger partial charge in [0.1, 0.15) is 0 Å². The molecule has 0 radical (unpaired) electrons. The molecule has 1 aromatic rings. The lowest BCUT2D eigenvalue weighted by Crippen LogP contribution is -2.57. The predicted octanol–water partition coefficient (Wildman–Crippen LogP) is 2.06. The van der Waals surface area contributed by atoms with Crippen LogP contribution in [0, 0.1) is 0 Å². The minimum atomic E-state index is 0.189. The molecule has 19 heavy (non-hydrogen) atoms. The monoisotopic (exact) mass is 266 g/mol. The molecule has 110 valence electrons. The van der Waals surface area contributed by atoms with Gasteiger partial charge in [-0.1, -0.05) is 13.8 Å². The minimum absolute atomic E-state index is 0.189. The summed E-state index contributed by atoms with van der Waals surface area (Å²) < 4.78 is 1.97. The molecular formula is C15H30N4. The molecule has 0 aliphatic heterocycles. The summed E-state index contributed by atoms with van der Waals surface area (Å²) >= 11 is 0. The molecule has 0 aliphatic carbocycles. The molecule has 4 heteroatoms. The Morgan fingerprint density at radius 2 is 2.11 bits per heavy atom. The molecule has 0 aliphatic rings. The van der Waals surface area contributed by atoms with E-state index in [-0.39, 0.29) is 5.54 Å². The number of nitrogens with zero attached hydrogens (tertiary/aromatic N) is 3. The number of hydrogen-bond acceptors (Lipinski definition) is 3. The van der Waals surface area contributed by atoms with Crippen molar-refractivity contribution in [2.45, 2.75) is 51.6 Å². The standard InChI is InChI=1S/C15H30N4/c1-7-15(3,18(4)5)14(16-8-2)10-9-13-11-12-17-19(13)6/h11-12,14,16H,7-10H2,1-6H3. The van der Waals surface area contributed by atoms with Gasteiger partial charge in [-0.2, -0.15) is 5.10 Å². The summed E-state index contributed by atoms with van der Waals surface area (Å²) in [5, 5.41) is 7.91. The Morgan fingerprint density at radius 3 is 2.53 bits per heavy atom. The second-order valence-electron chi connectivity index (χ2n) is 5.70. The minimum Gasteiger partial charge on any atom is -0.312 e. The molecule has 0 spiro atoms. The van der Waals surface area contributed by atoms with Crippen molar-refractivity contribution < 1.29 is 0 Å². The Balaban J connectivity index is 2.74. The molecule has 0 aromatic carbocycles. The average Bonchev–Trinajstić information content (AvgIpc) is 2.79. The quantitative estimate of drug-likeness (QED) is 0.782. The van der Waals surface area contributed by atoms with E-state index in [1.165, 1.54) is 5.69 Å². The van der Waals surface area contributed by atoms with Crippen LogP contribution in [0.4, 0.5) is 0 Å². The van der Waals surface area contributed by atoms with Crippen LogP contribution in [0.2, 0.25) is 0 Å². The molecule has 0 bridgehead atoms. The molecule has 1 rings (SSSR count). The van der Waals surface area contributed by atoms with Gasteiger partial charge in [0.25, 0.3) is 0 Å². The zero-order valence-electron chi connectivity index (χ0n) is 13.4. The van der Waals surface area contributed by atoms with Gasteiger partial charge in [-0.05, 0) is 52.9 Å². The molecule has 0 amide bonds. The van der Waals surface area contributed by atoms with Crippen LogP contribution in [-0.4, -0.2) is 46.9 Å². The predicted molar refractivity (Wildman–Crippen MR) is 81.4 cm³/mol. The number of hydrogen-bond donors (Lipinski definition) is 1. The Bertz CT molecular complexity index is 372. The van der Waals surface area contributed by atoms with E-state index in [1.54, 1.807) is 0 Å². The van der Waals surface area contributed by atoms with Crippen LogP contribution in [-0.2, 0) is 13.5 Å². The first-order valence-corrected chi connectivity index (χ1v) is 7.33. The second kappa shape index (κ2) is 7.06. The van der Waals surface area contributed by atoms with Crippen molar-refractivity contribution in [3.63, 3.8) is 0 Å². The molecule has 2 atom stereocenters. The zero-order valence-corrected chi connectivity index (χ0v) is 13.4. The van der Waals surface area contributed by atoms with Crippen molar-refractivity contribution in [3.05, 3.63) is 18.0 Å². The van der Waals surface area contributed by atoms with Crippen molar-refractivity contribution in [3.8, 4) is 0 Å². The van der Waals surface area contributed by atoms with E-state index in [2.05, 4.69) is 56.2 Å². The van der Waals surface area contributed by atoms with Crippen LogP contribution in [0.5, 0.6) is 0 Å². The van der Waals surface area contributed by atoms with Gasteiger partial charge in [0.15, 0.2) is 0 Å². The summed E-state index contributed by atoms with van der Waals surface area (Å²) in [6.07, 6.45) is 5.22. The SMILES string of the molecule is CCNC(CCc1ccnn1C)C(C)(CC)N(C)C. The van der Waals surface area contributed by atoms with Crippen LogP contribution < -0.4 is 5.32 Å². The van der Waals surface area contributed by atoms with Gasteiger partial charge in [0, 0.05) is 30.5 Å². The third-order valence-corrected chi connectivity index (χ3v) is 4.55. The first kappa shape index (κ1) is 16.2. The van der Waals surface area contributed by atoms with Crippen molar-refractivity contribution in [1.82, 2.24) is 20.0 Å². The maximum Gasteiger partial charge on any atom is 0.0492 e. The van der Waals surface area contributed by atoms with Crippen LogP contribution in [0.3, 0.4) is 0 Å². The lowest BCUT2D eigenvalue weighted by atomic mass is 9.84. The highest BCUT2D eigenvalue weighted by molar-refractivity contribution is 5.03. The highest BCUT2D eigenvalue weighted by Gasteiger charge is 2.33. The van der Waals surface area contributed by atoms with E-state index < -0.39 is 0 Å². The van der Waals surface area contributed by atoms with Gasteiger partial charge < -0.3 is 10.2 Å². The molecule has 0 saturated carbocycles. The Kier molecular flexibility index (Phi) is 6.01. The smallest absolute Gasteiger partial charge is 0.0492 e. The van der Waals surface area contributed by atoms with Gasteiger partial charge in [0.2, 0.25) is 0 Å². The third-order valence-electron chi connectivity index (χ3n) is 4.55. The lowest BCUT2D eigenvalue weighted by molar-refractivity contribution is 0.108. The summed E-state index contributed by atoms with van der Waals surface area (Å²) in [7, 11) is 6.37. The molecule has 1 aromatic heterocycles. The topological polar surface area (TPSA) is 33.1 Å². The summed E-state index contributed by atoms with van der Waals surface area (Å²) in [6, 6.07) is 2.61. The maximum atomic E-state index is 4.24. The van der Waals surface area contributed by atoms with Gasteiger partial charge in [0.05, 0.1) is 0 Å². The van der Waals surface area contributed by atoms with E-state index in [1.807, 2.05) is 17.9 Å². The Hall–Kier alpha value is -0.870. The molecule has 0 fully saturated rings. The van der Waals surface area contributed by atoms with E-state index in [9.17, 15) is 0 Å². The number of rotatable bonds is 8. The molecule has 0 saturated heterocycles. The van der Waals surface area contributed by atoms with Crippen LogP contribution in [0.15, 0.2) is 12.3 Å². The van der Waals surface area contributed by atoms with Crippen molar-refractivity contribution in [2.24, 2.45) is 7.05 Å². The van der Waals surface area contributed by atoms with Gasteiger partial charge in [-0.25, -0.2) is 0 Å². The summed E-state index contributed by atoms with van der Waals surface area (Å²) in [5.41, 5.74) is 1.49. The maximum absolute atomic E-state index is 4.24. The zero-order chi connectivity index (χ0) is 14.5. The van der Waals surface area contributed by atoms with E-state index in [0.29, 0.717) is 6.04 Å².